The van der Waals surface area contributed by atoms with Gasteiger partial charge < -0.3 is 18.9 Å². The Kier molecular flexibility index (Phi) is 7.98. The van der Waals surface area contributed by atoms with Crippen molar-refractivity contribution < 1.29 is 23.7 Å². The number of hydrogen-bond donors (Lipinski definition) is 1. The first kappa shape index (κ1) is 24.7. The Hall–Kier alpha value is -3.44. The molecule has 9 nitrogen and oxygen atoms in total. The van der Waals surface area contributed by atoms with Crippen LogP contribution in [-0.4, -0.2) is 60.2 Å². The van der Waals surface area contributed by atoms with Crippen LogP contribution in [0.3, 0.4) is 0 Å². The van der Waals surface area contributed by atoms with E-state index in [9.17, 15) is 4.79 Å². The number of amides is 1. The molecule has 0 fully saturated rings. The van der Waals surface area contributed by atoms with E-state index in [-0.39, 0.29) is 11.4 Å². The molecule has 2 aromatic carbocycles. The average Bonchev–Trinajstić information content (AvgIpc) is 3.29. The second kappa shape index (κ2) is 11.3. The lowest BCUT2D eigenvalue weighted by Gasteiger charge is -2.23. The van der Waals surface area contributed by atoms with Crippen LogP contribution in [0.15, 0.2) is 57.4 Å². The summed E-state index contributed by atoms with van der Waals surface area (Å²) in [6, 6.07) is 12.7. The minimum absolute atomic E-state index is 0.0482. The van der Waals surface area contributed by atoms with Crippen LogP contribution in [0.1, 0.15) is 12.5 Å². The van der Waals surface area contributed by atoms with E-state index >= 15 is 0 Å². The number of benzene rings is 2. The third kappa shape index (κ3) is 5.63. The highest BCUT2D eigenvalue weighted by Gasteiger charge is 2.37. The highest BCUT2D eigenvalue weighted by Crippen LogP contribution is 2.33. The summed E-state index contributed by atoms with van der Waals surface area (Å²) in [6.45, 7) is 2.99. The number of carbonyl (C=O) groups excluding carboxylic acids is 1. The molecule has 2 aliphatic heterocycles. The fraction of sp³-hybridized carbons (Fsp3) is 0.250. The highest BCUT2D eigenvalue weighted by molar-refractivity contribution is 8.18. The molecule has 0 aliphatic carbocycles. The van der Waals surface area contributed by atoms with Crippen LogP contribution in [0.2, 0.25) is 0 Å². The molecule has 11 heteroatoms. The number of nitrogens with one attached hydrogen (secondary N) is 1. The zero-order valence-corrected chi connectivity index (χ0v) is 21.1. The maximum Gasteiger partial charge on any atom is 0.283 e. The zero-order chi connectivity index (χ0) is 24.8. The first-order valence-corrected chi connectivity index (χ1v) is 12.7. The van der Waals surface area contributed by atoms with Gasteiger partial charge in [0.1, 0.15) is 30.5 Å². The van der Waals surface area contributed by atoms with Crippen molar-refractivity contribution in [2.24, 2.45) is 9.39 Å². The van der Waals surface area contributed by atoms with E-state index in [0.717, 1.165) is 23.4 Å². The van der Waals surface area contributed by atoms with Crippen molar-refractivity contribution in [1.29, 1.82) is 5.41 Å². The molecule has 1 amide bonds. The van der Waals surface area contributed by atoms with Gasteiger partial charge in [-0.15, -0.1) is 0 Å². The molecule has 0 unspecified atom stereocenters. The quantitative estimate of drug-likeness (QED) is 0.298. The van der Waals surface area contributed by atoms with Crippen LogP contribution in [0, 0.1) is 5.41 Å². The largest absolute Gasteiger partial charge is 0.497 e. The number of nitrogens with zero attached hydrogens (tertiary/aromatic N) is 3. The molecule has 2 heterocycles. The number of fused-ring (bicyclic) bond motifs is 1. The lowest BCUT2D eigenvalue weighted by atomic mass is 10.1. The van der Waals surface area contributed by atoms with Crippen molar-refractivity contribution >= 4 is 51.9 Å². The van der Waals surface area contributed by atoms with Crippen LogP contribution in [-0.2, 0) is 4.79 Å². The fourth-order valence-electron chi connectivity index (χ4n) is 3.28. The number of methoxy groups -OCH3 is 1. The second-order valence-corrected chi connectivity index (χ2v) is 8.63. The third-order valence-electron chi connectivity index (χ3n) is 4.92. The molecule has 1 N–H and O–H groups in total. The van der Waals surface area contributed by atoms with Gasteiger partial charge in [-0.25, -0.2) is 4.90 Å². The molecule has 0 aromatic heterocycles. The van der Waals surface area contributed by atoms with E-state index in [2.05, 4.69) is 9.39 Å². The number of aliphatic imine (C=N–C) groups is 1. The summed E-state index contributed by atoms with van der Waals surface area (Å²) in [5.41, 5.74) is 0.874. The van der Waals surface area contributed by atoms with Gasteiger partial charge in [0.25, 0.3) is 5.91 Å². The molecule has 182 valence electrons. The number of hydrogen-bond acceptors (Lipinski definition) is 9. The Morgan fingerprint density at radius 1 is 1.06 bits per heavy atom. The minimum atomic E-state index is -0.472. The normalized spacial score (nSPS) is 16.1. The number of carbonyl (C=O) groups is 1. The summed E-state index contributed by atoms with van der Waals surface area (Å²) in [4.78, 5) is 18.2. The van der Waals surface area contributed by atoms with Crippen LogP contribution in [0.4, 0.5) is 0 Å². The molecule has 0 radical (unpaired) electrons. The van der Waals surface area contributed by atoms with E-state index < -0.39 is 5.91 Å². The first-order chi connectivity index (χ1) is 17.0. The van der Waals surface area contributed by atoms with Gasteiger partial charge >= 0.3 is 0 Å². The first-order valence-electron chi connectivity index (χ1n) is 10.7. The Balaban J connectivity index is 1.45. The summed E-state index contributed by atoms with van der Waals surface area (Å²) in [7, 11) is 1.62. The number of thioether (sulfide) groups is 1. The summed E-state index contributed by atoms with van der Waals surface area (Å²) in [6.07, 6.45) is 3.50. The Labute approximate surface area is 211 Å². The molecular formula is C24H24N4O5S2. The smallest absolute Gasteiger partial charge is 0.283 e. The summed E-state index contributed by atoms with van der Waals surface area (Å²) >= 11 is 2.49. The van der Waals surface area contributed by atoms with Gasteiger partial charge in [-0.1, -0.05) is 17.8 Å². The van der Waals surface area contributed by atoms with Crippen LogP contribution >= 0.6 is 23.7 Å². The zero-order valence-electron chi connectivity index (χ0n) is 19.4. The van der Waals surface area contributed by atoms with Gasteiger partial charge in [-0.3, -0.25) is 10.2 Å². The average molecular weight is 513 g/mol. The molecule has 0 atom stereocenters. The van der Waals surface area contributed by atoms with Crippen LogP contribution < -0.4 is 18.9 Å². The second-order valence-electron chi connectivity index (χ2n) is 7.12. The molecule has 2 aromatic rings. The Morgan fingerprint density at radius 3 is 2.51 bits per heavy atom. The van der Waals surface area contributed by atoms with Crippen molar-refractivity contribution in [3.8, 4) is 23.0 Å². The van der Waals surface area contributed by atoms with E-state index in [1.807, 2.05) is 37.4 Å². The summed E-state index contributed by atoms with van der Waals surface area (Å²) < 4.78 is 26.7. The molecule has 0 saturated carbocycles. The molecule has 2 aliphatic rings. The molecule has 0 spiro atoms. The SMILES string of the molecule is CCOc1cc(/C=C2/C(=N)N3C(SC)=NSC3=NC2=O)ccc1OCCOc1ccc(OC)cc1. The van der Waals surface area contributed by atoms with Crippen molar-refractivity contribution in [2.45, 2.75) is 6.92 Å². The highest BCUT2D eigenvalue weighted by atomic mass is 32.2. The minimum Gasteiger partial charge on any atom is -0.497 e. The van der Waals surface area contributed by atoms with Crippen LogP contribution in [0.5, 0.6) is 23.0 Å². The van der Waals surface area contributed by atoms with Crippen molar-refractivity contribution in [3.63, 3.8) is 0 Å². The van der Waals surface area contributed by atoms with E-state index in [1.54, 1.807) is 36.3 Å². The monoisotopic (exact) mass is 512 g/mol. The Bertz CT molecular complexity index is 1210. The maximum absolute atomic E-state index is 12.6. The molecule has 35 heavy (non-hydrogen) atoms. The summed E-state index contributed by atoms with van der Waals surface area (Å²) in [5, 5.41) is 9.56. The van der Waals surface area contributed by atoms with Gasteiger partial charge in [0.15, 0.2) is 16.7 Å². The van der Waals surface area contributed by atoms with Crippen molar-refractivity contribution in [3.05, 3.63) is 53.6 Å². The predicted molar refractivity (Wildman–Crippen MR) is 140 cm³/mol. The lowest BCUT2D eigenvalue weighted by Crippen LogP contribution is -2.41. The number of ether oxygens (including phenoxy) is 4. The van der Waals surface area contributed by atoms with Crippen molar-refractivity contribution in [2.75, 3.05) is 33.2 Å². The van der Waals surface area contributed by atoms with E-state index in [1.165, 1.54) is 11.8 Å². The molecule has 0 saturated heterocycles. The van der Waals surface area contributed by atoms with E-state index in [0.29, 0.717) is 47.2 Å². The van der Waals surface area contributed by atoms with Crippen molar-refractivity contribution in [1.82, 2.24) is 4.90 Å². The van der Waals surface area contributed by atoms with Gasteiger partial charge in [-0.05, 0) is 61.2 Å². The third-order valence-corrected chi connectivity index (χ3v) is 6.38. The van der Waals surface area contributed by atoms with Crippen LogP contribution in [0.25, 0.3) is 6.08 Å². The van der Waals surface area contributed by atoms with Gasteiger partial charge in [0.2, 0.25) is 5.17 Å². The molecule has 0 bridgehead atoms. The number of amidine groups is 3. The number of rotatable bonds is 9. The maximum atomic E-state index is 12.6. The Morgan fingerprint density at radius 2 is 1.80 bits per heavy atom. The van der Waals surface area contributed by atoms with E-state index in [4.69, 9.17) is 24.4 Å². The van der Waals surface area contributed by atoms with Gasteiger partial charge in [-0.2, -0.15) is 9.39 Å². The topological polar surface area (TPSA) is 106 Å². The summed E-state index contributed by atoms with van der Waals surface area (Å²) in [5.74, 6) is 2.16. The predicted octanol–water partition coefficient (Wildman–Crippen LogP) is 4.49. The molecular weight excluding hydrogens is 488 g/mol. The fourth-order valence-corrected chi connectivity index (χ4v) is 4.74. The lowest BCUT2D eigenvalue weighted by molar-refractivity contribution is -0.114. The van der Waals surface area contributed by atoms with Gasteiger partial charge in [0, 0.05) is 0 Å². The van der Waals surface area contributed by atoms with Gasteiger partial charge in [0.05, 0.1) is 31.2 Å². The standard InChI is InChI=1S/C24H24N4O5S2/c1-4-31-20-14-15(13-18-21(25)28-23(26-22(18)29)35-27-24(28)34-3)5-10-19(20)33-12-11-32-17-8-6-16(30-2)7-9-17/h5-10,13-14,25H,4,11-12H2,1-3H3/b18-13-,25-21?. The molecule has 4 rings (SSSR count).